The van der Waals surface area contributed by atoms with E-state index in [-0.39, 0.29) is 68.8 Å². The van der Waals surface area contributed by atoms with Crippen molar-refractivity contribution in [3.8, 4) is 0 Å². The number of aliphatic carboxylic acids is 1. The van der Waals surface area contributed by atoms with E-state index in [9.17, 15) is 67.7 Å². The summed E-state index contributed by atoms with van der Waals surface area (Å²) >= 11 is 0. The monoisotopic (exact) mass is 1280 g/mol. The SMILES string of the molecule is CCOC(=O)/C=C/C[C@@H](C)[C@@H](O)C(NC)C(=O)NC(CC)C(=O)N(C)CC(=O)N(C)[C@@H](CC(C)C)C(=O)N[C@H](C(=O)N(C)[C@@H](CC(C)C)C(=O)N[C@H](C)C(=O)N[C@H](C)C(=O)N(C)[C@@H](CC(C)C)C(=O)N(C)[C@@H](CC(C)C)C(=O)N(C)[C@H](C(=O)O)C(C)C)C(C)C. The minimum Gasteiger partial charge on any atom is -0.480 e. The Hall–Kier alpha value is -6.70. The van der Waals surface area contributed by atoms with Gasteiger partial charge < -0.3 is 70.9 Å². The summed E-state index contributed by atoms with van der Waals surface area (Å²) in [4.78, 5) is 172. The smallest absolute Gasteiger partial charge is 0.330 e. The van der Waals surface area contributed by atoms with Gasteiger partial charge in [-0.1, -0.05) is 103 Å². The van der Waals surface area contributed by atoms with Crippen LogP contribution in [0.3, 0.4) is 0 Å². The second-order valence-electron chi connectivity index (χ2n) is 26.4. The quantitative estimate of drug-likeness (QED) is 0.0344. The molecule has 0 fully saturated rings. The van der Waals surface area contributed by atoms with Crippen molar-refractivity contribution in [1.82, 2.24) is 56.0 Å². The molecule has 12 atom stereocenters. The number of aliphatic hydroxyl groups is 1. The molecule has 0 rings (SSSR count). The lowest BCUT2D eigenvalue weighted by atomic mass is 9.93. The molecule has 90 heavy (non-hydrogen) atoms. The molecule has 7 N–H and O–H groups in total. The molecule has 0 radical (unpaired) electrons. The minimum absolute atomic E-state index is 0.0787. The Morgan fingerprint density at radius 2 is 0.911 bits per heavy atom. The average Bonchev–Trinajstić information content (AvgIpc) is 0.881. The van der Waals surface area contributed by atoms with Gasteiger partial charge in [-0.15, -0.1) is 0 Å². The molecule has 0 aliphatic carbocycles. The van der Waals surface area contributed by atoms with Crippen molar-refractivity contribution in [1.29, 1.82) is 0 Å². The second-order valence-corrected chi connectivity index (χ2v) is 26.4. The number of esters is 1. The summed E-state index contributed by atoms with van der Waals surface area (Å²) in [5.74, 6) is -10.1. The van der Waals surface area contributed by atoms with Gasteiger partial charge in [0.15, 0.2) is 0 Å². The number of ether oxygens (including phenoxy) is 1. The number of rotatable bonds is 39. The van der Waals surface area contributed by atoms with Crippen molar-refractivity contribution in [3.63, 3.8) is 0 Å². The number of carbonyl (C=O) groups excluding carboxylic acids is 11. The number of amides is 10. The molecule has 0 saturated carbocycles. The number of hydrogen-bond donors (Lipinski definition) is 7. The third-order valence-electron chi connectivity index (χ3n) is 16.0. The van der Waals surface area contributed by atoms with Crippen molar-refractivity contribution in [2.24, 2.45) is 41.4 Å². The first-order chi connectivity index (χ1) is 41.6. The number of aliphatic hydroxyl groups excluding tert-OH is 1. The van der Waals surface area contributed by atoms with Gasteiger partial charge in [-0.05, 0) is 108 Å². The summed E-state index contributed by atoms with van der Waals surface area (Å²) < 4.78 is 4.89. The van der Waals surface area contributed by atoms with Crippen molar-refractivity contribution < 1.29 is 72.5 Å². The first-order valence-electron chi connectivity index (χ1n) is 31.8. The molecule has 516 valence electrons. The first-order valence-corrected chi connectivity index (χ1v) is 31.8. The Morgan fingerprint density at radius 1 is 0.478 bits per heavy atom. The van der Waals surface area contributed by atoms with Gasteiger partial charge in [-0.25, -0.2) is 9.59 Å². The molecular formula is C64H115N11O15. The summed E-state index contributed by atoms with van der Waals surface area (Å²) in [6.45, 7) is 29.2. The van der Waals surface area contributed by atoms with Crippen molar-refractivity contribution in [3.05, 3.63) is 12.2 Å². The van der Waals surface area contributed by atoms with Gasteiger partial charge in [0, 0.05) is 48.4 Å². The molecular weight excluding hydrogens is 1160 g/mol. The standard InChI is InChI=1S/C64H115N11O15/c1-25-44(68-58(82)52(65-18)54(78)41(15)28-27-29-50(77)90-26-2)60(84)70(19)34-49(76)71(20)45(30-35(3)4)57(81)69-51(39(11)12)63(87)72(21)46(31-36(5)6)56(80)66-42(16)55(79)67-43(17)59(83)73(22)47(32-37(7)8)61(85)74(23)48(33-38(9)10)62(86)75(24)53(40(13)14)64(88)89/h27,29,35-48,51-54,65,78H,25-26,28,30-34H2,1-24H3,(H,66,80)(H,67,79)(H,68,82)(H,69,81)(H,88,89)/b29-27+/t41-,42-,43-,44?,45+,46+,47+,48+,51+,52?,53+,54-/m1/s1. The predicted octanol–water partition coefficient (Wildman–Crippen LogP) is 2.64. The lowest BCUT2D eigenvalue weighted by molar-refractivity contribution is -0.157. The Morgan fingerprint density at radius 3 is 1.34 bits per heavy atom. The molecule has 0 aliphatic heterocycles. The molecule has 0 bridgehead atoms. The van der Waals surface area contributed by atoms with Crippen LogP contribution in [0, 0.1) is 41.4 Å². The first kappa shape index (κ1) is 83.3. The molecule has 0 aromatic heterocycles. The number of nitrogens with zero attached hydrogens (tertiary/aromatic N) is 6. The zero-order valence-corrected chi connectivity index (χ0v) is 58.6. The molecule has 10 amide bonds. The summed E-state index contributed by atoms with van der Waals surface area (Å²) in [6, 6.07) is -11.5. The lowest BCUT2D eigenvalue weighted by Gasteiger charge is -2.39. The largest absolute Gasteiger partial charge is 0.480 e. The van der Waals surface area contributed by atoms with Crippen LogP contribution < -0.4 is 26.6 Å². The molecule has 0 aliphatic rings. The highest BCUT2D eigenvalue weighted by atomic mass is 16.5. The molecule has 0 saturated heterocycles. The summed E-state index contributed by atoms with van der Waals surface area (Å²) in [7, 11) is 9.97. The average molecular weight is 1280 g/mol. The zero-order valence-electron chi connectivity index (χ0n) is 58.6. The predicted molar refractivity (Wildman–Crippen MR) is 343 cm³/mol. The fraction of sp³-hybridized carbons (Fsp3) is 0.781. The highest BCUT2D eigenvalue weighted by Crippen LogP contribution is 2.23. The fourth-order valence-corrected chi connectivity index (χ4v) is 10.5. The summed E-state index contributed by atoms with van der Waals surface area (Å²) in [6.07, 6.45) is 2.62. The number of likely N-dealkylation sites (N-methyl/N-ethyl adjacent to an activating group) is 7. The number of carboxylic acids is 1. The summed E-state index contributed by atoms with van der Waals surface area (Å²) in [5, 5.41) is 34.7. The number of nitrogens with one attached hydrogen (secondary N) is 5. The number of allylic oxidation sites excluding steroid dienone is 1. The van der Waals surface area contributed by atoms with Crippen LogP contribution in [0.4, 0.5) is 0 Å². The molecule has 2 unspecified atom stereocenters. The van der Waals surface area contributed by atoms with E-state index in [1.165, 1.54) is 94.9 Å². The van der Waals surface area contributed by atoms with Crippen LogP contribution in [0.5, 0.6) is 0 Å². The molecule has 26 heteroatoms. The van der Waals surface area contributed by atoms with Crippen LogP contribution in [0.1, 0.15) is 156 Å². The highest BCUT2D eigenvalue weighted by molar-refractivity contribution is 5.98. The van der Waals surface area contributed by atoms with E-state index in [4.69, 9.17) is 4.74 Å². The third kappa shape index (κ3) is 25.9. The van der Waals surface area contributed by atoms with Crippen LogP contribution in [0.2, 0.25) is 0 Å². The van der Waals surface area contributed by atoms with E-state index in [2.05, 4.69) is 26.6 Å². The molecule has 26 nitrogen and oxygen atoms in total. The van der Waals surface area contributed by atoms with Crippen LogP contribution in [-0.2, 0) is 62.3 Å². The number of carboxylic acid groups (broad SMARTS) is 1. The maximum absolute atomic E-state index is 14.6. The topological polar surface area (TPSA) is 334 Å². The van der Waals surface area contributed by atoms with Crippen LogP contribution in [-0.4, -0.2) is 240 Å². The van der Waals surface area contributed by atoms with Gasteiger partial charge in [0.05, 0.1) is 19.3 Å². The molecule has 0 aromatic carbocycles. The van der Waals surface area contributed by atoms with Crippen molar-refractivity contribution in [2.75, 3.05) is 62.5 Å². The maximum Gasteiger partial charge on any atom is 0.330 e. The Balaban J connectivity index is 6.48. The highest BCUT2D eigenvalue weighted by Gasteiger charge is 2.42. The Kier molecular flexibility index (Phi) is 36.6. The Labute approximate surface area is 536 Å². The van der Waals surface area contributed by atoms with E-state index in [0.717, 1.165) is 9.80 Å². The van der Waals surface area contributed by atoms with Gasteiger partial charge in [0.25, 0.3) is 0 Å². The van der Waals surface area contributed by atoms with Gasteiger partial charge in [-0.3, -0.25) is 47.9 Å². The van der Waals surface area contributed by atoms with Crippen molar-refractivity contribution >= 4 is 71.0 Å². The van der Waals surface area contributed by atoms with E-state index < -0.39 is 162 Å². The zero-order chi connectivity index (χ0) is 70.1. The van der Waals surface area contributed by atoms with Gasteiger partial charge in [-0.2, -0.15) is 0 Å². The van der Waals surface area contributed by atoms with Crippen LogP contribution >= 0.6 is 0 Å². The number of carbonyl (C=O) groups is 12. The fourth-order valence-electron chi connectivity index (χ4n) is 10.5. The van der Waals surface area contributed by atoms with Crippen LogP contribution in [0.25, 0.3) is 0 Å². The molecule has 0 aromatic rings. The van der Waals surface area contributed by atoms with E-state index in [1.54, 1.807) is 48.5 Å². The van der Waals surface area contributed by atoms with E-state index >= 15 is 0 Å². The number of hydrogen-bond acceptors (Lipinski definition) is 15. The third-order valence-corrected chi connectivity index (χ3v) is 16.0. The van der Waals surface area contributed by atoms with Gasteiger partial charge in [0.1, 0.15) is 60.4 Å². The van der Waals surface area contributed by atoms with E-state index in [0.29, 0.717) is 0 Å². The van der Waals surface area contributed by atoms with Crippen molar-refractivity contribution in [2.45, 2.75) is 223 Å². The second kappa shape index (κ2) is 39.5. The summed E-state index contributed by atoms with van der Waals surface area (Å²) in [5.41, 5.74) is 0. The molecule has 0 spiro atoms. The molecule has 0 heterocycles. The lowest BCUT2D eigenvalue weighted by Crippen LogP contribution is -2.61. The van der Waals surface area contributed by atoms with Gasteiger partial charge in [0.2, 0.25) is 59.1 Å². The van der Waals surface area contributed by atoms with E-state index in [1.807, 2.05) is 55.4 Å². The van der Waals surface area contributed by atoms with Crippen LogP contribution in [0.15, 0.2) is 12.2 Å². The normalized spacial score (nSPS) is 15.7. The minimum atomic E-state index is -1.25. The Bertz CT molecular complexity index is 2440. The maximum atomic E-state index is 14.6. The van der Waals surface area contributed by atoms with Gasteiger partial charge >= 0.3 is 11.9 Å².